The molecule has 0 radical (unpaired) electrons. The van der Waals surface area contributed by atoms with E-state index in [-0.39, 0.29) is 17.7 Å². The quantitative estimate of drug-likeness (QED) is 0.607. The van der Waals surface area contributed by atoms with E-state index in [2.05, 4.69) is 5.32 Å². The van der Waals surface area contributed by atoms with Crippen molar-refractivity contribution < 1.29 is 14.3 Å². The van der Waals surface area contributed by atoms with E-state index in [1.165, 1.54) is 0 Å². The molecule has 6 heteroatoms. The summed E-state index contributed by atoms with van der Waals surface area (Å²) in [5.74, 6) is -0.134. The van der Waals surface area contributed by atoms with Gasteiger partial charge in [-0.15, -0.1) is 0 Å². The van der Waals surface area contributed by atoms with Crippen LogP contribution < -0.4 is 5.32 Å². The molecule has 19 heavy (non-hydrogen) atoms. The second kappa shape index (κ2) is 8.12. The molecule has 6 nitrogen and oxygen atoms in total. The Balaban J connectivity index is 2.28. The number of methoxy groups -OCH3 is 1. The van der Waals surface area contributed by atoms with Crippen molar-refractivity contribution in [2.24, 2.45) is 5.92 Å². The molecule has 1 fully saturated rings. The second-order valence-electron chi connectivity index (χ2n) is 5.18. The maximum Gasteiger partial charge on any atom is 0.225 e. The molecule has 0 aliphatic carbocycles. The normalized spacial score (nSPS) is 19.3. The Kier molecular flexibility index (Phi) is 6.80. The summed E-state index contributed by atoms with van der Waals surface area (Å²) in [6, 6.07) is 0. The predicted molar refractivity (Wildman–Crippen MR) is 72.7 cm³/mol. The first-order valence-electron chi connectivity index (χ1n) is 6.73. The minimum Gasteiger partial charge on any atom is -0.385 e. The molecule has 110 valence electrons. The molecule has 0 aromatic heterocycles. The van der Waals surface area contributed by atoms with E-state index < -0.39 is 0 Å². The van der Waals surface area contributed by atoms with Gasteiger partial charge in [0.05, 0.1) is 5.92 Å². The van der Waals surface area contributed by atoms with Gasteiger partial charge in [-0.05, 0) is 20.5 Å². The van der Waals surface area contributed by atoms with Crippen LogP contribution in [0.2, 0.25) is 0 Å². The summed E-state index contributed by atoms with van der Waals surface area (Å²) in [5.41, 5.74) is 0. The zero-order valence-corrected chi connectivity index (χ0v) is 12.1. The maximum atomic E-state index is 11.9. The topological polar surface area (TPSA) is 61.9 Å². The van der Waals surface area contributed by atoms with Gasteiger partial charge in [0.25, 0.3) is 0 Å². The SMILES string of the molecule is COCCCN1CC(C(=O)NCCN(C)C)CC1=O. The summed E-state index contributed by atoms with van der Waals surface area (Å²) >= 11 is 0. The van der Waals surface area contributed by atoms with Crippen molar-refractivity contribution in [3.63, 3.8) is 0 Å². The van der Waals surface area contributed by atoms with Gasteiger partial charge >= 0.3 is 0 Å². The van der Waals surface area contributed by atoms with Crippen molar-refractivity contribution in [3.8, 4) is 0 Å². The van der Waals surface area contributed by atoms with E-state index in [1.54, 1.807) is 12.0 Å². The third-order valence-electron chi connectivity index (χ3n) is 3.22. The van der Waals surface area contributed by atoms with Crippen LogP contribution in [0, 0.1) is 5.92 Å². The summed E-state index contributed by atoms with van der Waals surface area (Å²) in [4.78, 5) is 27.4. The summed E-state index contributed by atoms with van der Waals surface area (Å²) in [5, 5.41) is 2.88. The van der Waals surface area contributed by atoms with Crippen LogP contribution in [0.1, 0.15) is 12.8 Å². The first kappa shape index (κ1) is 15.9. The Bertz CT molecular complexity index is 308. The molecular weight excluding hydrogens is 246 g/mol. The van der Waals surface area contributed by atoms with Gasteiger partial charge < -0.3 is 19.9 Å². The lowest BCUT2D eigenvalue weighted by atomic mass is 10.1. The first-order chi connectivity index (χ1) is 9.04. The molecule has 1 saturated heterocycles. The fraction of sp³-hybridized carbons (Fsp3) is 0.846. The molecule has 0 bridgehead atoms. The number of likely N-dealkylation sites (tertiary alicyclic amines) is 1. The molecule has 0 spiro atoms. The Hall–Kier alpha value is -1.14. The zero-order valence-electron chi connectivity index (χ0n) is 12.1. The molecule has 0 aromatic rings. The van der Waals surface area contributed by atoms with Crippen LogP contribution in [-0.2, 0) is 14.3 Å². The highest BCUT2D eigenvalue weighted by molar-refractivity contribution is 5.89. The highest BCUT2D eigenvalue weighted by Gasteiger charge is 2.33. The molecule has 0 aromatic carbocycles. The Morgan fingerprint density at radius 1 is 1.53 bits per heavy atom. The third kappa shape index (κ3) is 5.57. The van der Waals surface area contributed by atoms with Crippen molar-refractivity contribution in [2.45, 2.75) is 12.8 Å². The molecule has 2 amide bonds. The largest absolute Gasteiger partial charge is 0.385 e. The van der Waals surface area contributed by atoms with Crippen molar-refractivity contribution in [3.05, 3.63) is 0 Å². The van der Waals surface area contributed by atoms with E-state index in [0.29, 0.717) is 32.7 Å². The van der Waals surface area contributed by atoms with Crippen molar-refractivity contribution in [1.82, 2.24) is 15.1 Å². The molecule has 1 unspecified atom stereocenters. The molecule has 1 N–H and O–H groups in total. The lowest BCUT2D eigenvalue weighted by molar-refractivity contribution is -0.129. The lowest BCUT2D eigenvalue weighted by Crippen LogP contribution is -2.36. The summed E-state index contributed by atoms with van der Waals surface area (Å²) < 4.78 is 4.96. The lowest BCUT2D eigenvalue weighted by Gasteiger charge is -2.16. The highest BCUT2D eigenvalue weighted by Crippen LogP contribution is 2.17. The first-order valence-corrected chi connectivity index (χ1v) is 6.73. The molecule has 1 heterocycles. The number of nitrogens with one attached hydrogen (secondary N) is 1. The second-order valence-corrected chi connectivity index (χ2v) is 5.18. The number of hydrogen-bond donors (Lipinski definition) is 1. The summed E-state index contributed by atoms with van der Waals surface area (Å²) in [6.45, 7) is 3.29. The average Bonchev–Trinajstić information content (AvgIpc) is 2.71. The molecule has 0 saturated carbocycles. The molecule has 1 aliphatic rings. The number of hydrogen-bond acceptors (Lipinski definition) is 4. The van der Waals surface area contributed by atoms with Crippen LogP contribution in [0.3, 0.4) is 0 Å². The number of nitrogens with zero attached hydrogens (tertiary/aromatic N) is 2. The van der Waals surface area contributed by atoms with Gasteiger partial charge in [-0.2, -0.15) is 0 Å². The number of amides is 2. The minimum absolute atomic E-state index is 0.00978. The van der Waals surface area contributed by atoms with Crippen LogP contribution in [-0.4, -0.2) is 75.6 Å². The van der Waals surface area contributed by atoms with Gasteiger partial charge in [0.1, 0.15) is 0 Å². The van der Waals surface area contributed by atoms with E-state index in [4.69, 9.17) is 4.74 Å². The number of ether oxygens (including phenoxy) is 1. The number of carbonyl (C=O) groups excluding carboxylic acids is 2. The van der Waals surface area contributed by atoms with Gasteiger partial charge in [-0.1, -0.05) is 0 Å². The fourth-order valence-corrected chi connectivity index (χ4v) is 2.11. The Labute approximate surface area is 115 Å². The summed E-state index contributed by atoms with van der Waals surface area (Å²) in [6.07, 6.45) is 1.15. The Morgan fingerprint density at radius 3 is 2.89 bits per heavy atom. The standard InChI is InChI=1S/C13H25N3O3/c1-15(2)7-5-14-13(18)11-9-12(17)16(10-11)6-4-8-19-3/h11H,4-10H2,1-3H3,(H,14,18). The number of likely N-dealkylation sites (N-methyl/N-ethyl adjacent to an activating group) is 1. The monoisotopic (exact) mass is 271 g/mol. The molecule has 1 aliphatic heterocycles. The third-order valence-corrected chi connectivity index (χ3v) is 3.22. The van der Waals surface area contributed by atoms with E-state index in [1.807, 2.05) is 19.0 Å². The highest BCUT2D eigenvalue weighted by atomic mass is 16.5. The zero-order chi connectivity index (χ0) is 14.3. The van der Waals surface area contributed by atoms with Crippen LogP contribution in [0.15, 0.2) is 0 Å². The van der Waals surface area contributed by atoms with Gasteiger partial charge in [0.15, 0.2) is 0 Å². The van der Waals surface area contributed by atoms with E-state index in [0.717, 1.165) is 13.0 Å². The van der Waals surface area contributed by atoms with E-state index >= 15 is 0 Å². The van der Waals surface area contributed by atoms with Gasteiger partial charge in [0, 0.05) is 46.3 Å². The van der Waals surface area contributed by atoms with Gasteiger partial charge in [-0.3, -0.25) is 9.59 Å². The maximum absolute atomic E-state index is 11.9. The fourth-order valence-electron chi connectivity index (χ4n) is 2.11. The molecular formula is C13H25N3O3. The minimum atomic E-state index is -0.197. The molecule has 1 rings (SSSR count). The van der Waals surface area contributed by atoms with E-state index in [9.17, 15) is 9.59 Å². The molecule has 1 atom stereocenters. The average molecular weight is 271 g/mol. The van der Waals surface area contributed by atoms with Crippen LogP contribution >= 0.6 is 0 Å². The van der Waals surface area contributed by atoms with Crippen LogP contribution in [0.25, 0.3) is 0 Å². The van der Waals surface area contributed by atoms with Crippen LogP contribution in [0.5, 0.6) is 0 Å². The number of carbonyl (C=O) groups is 2. The van der Waals surface area contributed by atoms with Crippen LogP contribution in [0.4, 0.5) is 0 Å². The van der Waals surface area contributed by atoms with Crippen molar-refractivity contribution >= 4 is 11.8 Å². The smallest absolute Gasteiger partial charge is 0.225 e. The predicted octanol–water partition coefficient (Wildman–Crippen LogP) is -0.451. The van der Waals surface area contributed by atoms with Crippen molar-refractivity contribution in [1.29, 1.82) is 0 Å². The Morgan fingerprint density at radius 2 is 2.26 bits per heavy atom. The van der Waals surface area contributed by atoms with Gasteiger partial charge in [0.2, 0.25) is 11.8 Å². The van der Waals surface area contributed by atoms with Gasteiger partial charge in [-0.25, -0.2) is 0 Å². The number of rotatable bonds is 8. The van der Waals surface area contributed by atoms with Crippen molar-refractivity contribution in [2.75, 3.05) is 54.0 Å². The summed E-state index contributed by atoms with van der Waals surface area (Å²) in [7, 11) is 5.57.